The van der Waals surface area contributed by atoms with Gasteiger partial charge in [-0.1, -0.05) is 17.8 Å². The molecule has 0 spiro atoms. The minimum absolute atomic E-state index is 0.00831. The molecule has 1 N–H and O–H groups in total. The lowest BCUT2D eigenvalue weighted by Gasteiger charge is -2.09. The van der Waals surface area contributed by atoms with Gasteiger partial charge in [0.25, 0.3) is 0 Å². The summed E-state index contributed by atoms with van der Waals surface area (Å²) >= 11 is 3.04. The largest absolute Gasteiger partial charge is 0.350 e. The molecule has 0 unspecified atom stereocenters. The molecule has 0 atom stereocenters. The van der Waals surface area contributed by atoms with E-state index in [0.29, 0.717) is 12.3 Å². The van der Waals surface area contributed by atoms with Gasteiger partial charge >= 0.3 is 0 Å². The summed E-state index contributed by atoms with van der Waals surface area (Å²) in [5, 5.41) is 4.75. The first kappa shape index (κ1) is 17.7. The Morgan fingerprint density at radius 3 is 2.64 bits per heavy atom. The van der Waals surface area contributed by atoms with Gasteiger partial charge in [-0.3, -0.25) is 9.36 Å². The number of hydrogen-bond acceptors (Lipinski definition) is 5. The Bertz CT molecular complexity index is 865. The van der Waals surface area contributed by atoms with Crippen LogP contribution in [0.4, 0.5) is 0 Å². The first-order valence-electron chi connectivity index (χ1n) is 7.94. The fourth-order valence-electron chi connectivity index (χ4n) is 2.54. The molecule has 7 heteroatoms. The Morgan fingerprint density at radius 1 is 1.20 bits per heavy atom. The Hall–Kier alpha value is -2.12. The van der Waals surface area contributed by atoms with E-state index in [1.165, 1.54) is 22.9 Å². The summed E-state index contributed by atoms with van der Waals surface area (Å²) in [4.78, 5) is 21.7. The van der Waals surface area contributed by atoms with E-state index in [0.717, 1.165) is 20.7 Å². The molecule has 2 heterocycles. The van der Waals surface area contributed by atoms with Crippen molar-refractivity contribution in [3.8, 4) is 5.69 Å². The summed E-state index contributed by atoms with van der Waals surface area (Å²) in [5.41, 5.74) is 3.48. The second-order valence-corrected chi connectivity index (χ2v) is 8.10. The minimum Gasteiger partial charge on any atom is -0.350 e. The van der Waals surface area contributed by atoms with Gasteiger partial charge in [-0.25, -0.2) is 9.97 Å². The predicted molar refractivity (Wildman–Crippen MR) is 102 cm³/mol. The van der Waals surface area contributed by atoms with Crippen molar-refractivity contribution in [1.82, 2.24) is 19.9 Å². The minimum atomic E-state index is -0.00831. The van der Waals surface area contributed by atoms with Crippen LogP contribution in [0.25, 0.3) is 5.69 Å². The first-order valence-corrected chi connectivity index (χ1v) is 9.74. The van der Waals surface area contributed by atoms with Crippen LogP contribution in [0.3, 0.4) is 0 Å². The summed E-state index contributed by atoms with van der Waals surface area (Å²) in [7, 11) is 0. The van der Waals surface area contributed by atoms with Crippen LogP contribution in [0.2, 0.25) is 0 Å². The highest BCUT2D eigenvalue weighted by Crippen LogP contribution is 2.22. The summed E-state index contributed by atoms with van der Waals surface area (Å²) in [6, 6.07) is 6.37. The fraction of sp³-hybridized carbons (Fsp3) is 0.278. The van der Waals surface area contributed by atoms with E-state index in [1.54, 1.807) is 23.7 Å². The second kappa shape index (κ2) is 7.84. The third-order valence-corrected chi connectivity index (χ3v) is 5.43. The average Bonchev–Trinajstić information content (AvgIpc) is 3.18. The number of hydrogen-bond donors (Lipinski definition) is 1. The molecule has 1 amide bonds. The van der Waals surface area contributed by atoms with Crippen LogP contribution in [-0.2, 0) is 11.3 Å². The van der Waals surface area contributed by atoms with Crippen LogP contribution >= 0.6 is 23.1 Å². The number of rotatable bonds is 6. The molecular weight excluding hydrogens is 352 g/mol. The van der Waals surface area contributed by atoms with Crippen molar-refractivity contribution in [2.45, 2.75) is 32.5 Å². The van der Waals surface area contributed by atoms with Crippen LogP contribution < -0.4 is 5.32 Å². The van der Waals surface area contributed by atoms with Gasteiger partial charge < -0.3 is 5.32 Å². The Kier molecular flexibility index (Phi) is 5.55. The molecule has 1 aromatic carbocycles. The molecule has 2 aromatic heterocycles. The molecule has 5 nitrogen and oxygen atoms in total. The van der Waals surface area contributed by atoms with Gasteiger partial charge in [0.05, 0.1) is 17.3 Å². The number of imidazole rings is 1. The normalized spacial score (nSPS) is 10.8. The topological polar surface area (TPSA) is 59.8 Å². The molecule has 3 aromatic rings. The lowest BCUT2D eigenvalue weighted by atomic mass is 10.1. The highest BCUT2D eigenvalue weighted by Gasteiger charge is 2.10. The highest BCUT2D eigenvalue weighted by atomic mass is 32.2. The predicted octanol–water partition coefficient (Wildman–Crippen LogP) is 3.66. The number of aryl methyl sites for hydroxylation is 3. The summed E-state index contributed by atoms with van der Waals surface area (Å²) in [6.07, 6.45) is 5.49. The van der Waals surface area contributed by atoms with E-state index in [-0.39, 0.29) is 5.91 Å². The van der Waals surface area contributed by atoms with Gasteiger partial charge in [-0.05, 0) is 44.0 Å². The van der Waals surface area contributed by atoms with Crippen molar-refractivity contribution in [1.29, 1.82) is 0 Å². The van der Waals surface area contributed by atoms with Gasteiger partial charge in [0.1, 0.15) is 0 Å². The van der Waals surface area contributed by atoms with E-state index in [9.17, 15) is 4.79 Å². The molecule has 3 rings (SSSR count). The average molecular weight is 373 g/mol. The molecule has 0 saturated heterocycles. The monoisotopic (exact) mass is 372 g/mol. The quantitative estimate of drug-likeness (QED) is 0.671. The second-order valence-electron chi connectivity index (χ2n) is 5.84. The van der Waals surface area contributed by atoms with Gasteiger partial charge in [0, 0.05) is 29.2 Å². The third kappa shape index (κ3) is 4.70. The van der Waals surface area contributed by atoms with Gasteiger partial charge in [0.2, 0.25) is 5.91 Å². The molecule has 0 saturated carbocycles. The number of thiazole rings is 1. The van der Waals surface area contributed by atoms with Gasteiger partial charge in [0.15, 0.2) is 5.16 Å². The number of nitrogens with one attached hydrogen (secondary N) is 1. The molecule has 0 fully saturated rings. The number of aromatic nitrogens is 3. The molecular formula is C18H20N4OS2. The van der Waals surface area contributed by atoms with Crippen molar-refractivity contribution in [3.05, 3.63) is 57.8 Å². The molecule has 0 bridgehead atoms. The molecule has 25 heavy (non-hydrogen) atoms. The zero-order valence-electron chi connectivity index (χ0n) is 14.4. The van der Waals surface area contributed by atoms with Crippen LogP contribution in [0.1, 0.15) is 21.0 Å². The van der Waals surface area contributed by atoms with E-state index in [4.69, 9.17) is 0 Å². The molecule has 0 aliphatic rings. The summed E-state index contributed by atoms with van der Waals surface area (Å²) in [6.45, 7) is 6.64. The number of nitrogens with zero attached hydrogens (tertiary/aromatic N) is 3. The summed E-state index contributed by atoms with van der Waals surface area (Å²) < 4.78 is 2.02. The van der Waals surface area contributed by atoms with Gasteiger partial charge in [-0.15, -0.1) is 11.3 Å². The Labute approximate surface area is 155 Å². The standard InChI is InChI=1S/C18H20N4OS2/c1-12-6-13(2)8-15(7-12)22-5-4-19-18(22)24-11-17(23)21-10-16-9-20-14(3)25-16/h4-9H,10-11H2,1-3H3,(H,21,23). The van der Waals surface area contributed by atoms with Crippen molar-refractivity contribution < 1.29 is 4.79 Å². The first-order chi connectivity index (χ1) is 12.0. The molecule has 0 radical (unpaired) electrons. The van der Waals surface area contributed by atoms with Gasteiger partial charge in [-0.2, -0.15) is 0 Å². The third-order valence-electron chi connectivity index (χ3n) is 3.55. The van der Waals surface area contributed by atoms with E-state index in [2.05, 4.69) is 47.3 Å². The van der Waals surface area contributed by atoms with Crippen molar-refractivity contribution >= 4 is 29.0 Å². The summed E-state index contributed by atoms with van der Waals surface area (Å²) in [5.74, 6) is 0.325. The zero-order chi connectivity index (χ0) is 17.8. The van der Waals surface area contributed by atoms with Crippen LogP contribution in [0, 0.1) is 20.8 Å². The molecule has 0 aliphatic carbocycles. The lowest BCUT2D eigenvalue weighted by Crippen LogP contribution is -2.24. The maximum absolute atomic E-state index is 12.1. The highest BCUT2D eigenvalue weighted by molar-refractivity contribution is 7.99. The maximum atomic E-state index is 12.1. The van der Waals surface area contributed by atoms with E-state index < -0.39 is 0 Å². The van der Waals surface area contributed by atoms with Crippen LogP contribution in [0.15, 0.2) is 41.9 Å². The molecule has 130 valence electrons. The lowest BCUT2D eigenvalue weighted by molar-refractivity contribution is -0.118. The number of thioether (sulfide) groups is 1. The van der Waals surface area contributed by atoms with Crippen LogP contribution in [0.5, 0.6) is 0 Å². The zero-order valence-corrected chi connectivity index (χ0v) is 16.1. The SMILES string of the molecule is Cc1cc(C)cc(-n2ccnc2SCC(=O)NCc2cnc(C)s2)c1. The van der Waals surface area contributed by atoms with Crippen molar-refractivity contribution in [3.63, 3.8) is 0 Å². The fourth-order valence-corrected chi connectivity index (χ4v) is 4.07. The maximum Gasteiger partial charge on any atom is 0.230 e. The number of benzene rings is 1. The molecule has 0 aliphatic heterocycles. The van der Waals surface area contributed by atoms with Crippen molar-refractivity contribution in [2.24, 2.45) is 0 Å². The Morgan fingerprint density at radius 2 is 1.96 bits per heavy atom. The van der Waals surface area contributed by atoms with Crippen LogP contribution in [-0.4, -0.2) is 26.2 Å². The van der Waals surface area contributed by atoms with Crippen molar-refractivity contribution in [2.75, 3.05) is 5.75 Å². The van der Waals surface area contributed by atoms with E-state index in [1.807, 2.05) is 17.7 Å². The number of amides is 1. The number of carbonyl (C=O) groups excluding carboxylic acids is 1. The smallest absolute Gasteiger partial charge is 0.230 e. The number of carbonyl (C=O) groups is 1. The Balaban J connectivity index is 1.60. The van der Waals surface area contributed by atoms with E-state index >= 15 is 0 Å².